The number of hydrogen-bond donors (Lipinski definition) is 2. The summed E-state index contributed by atoms with van der Waals surface area (Å²) in [6, 6.07) is 0.246. The summed E-state index contributed by atoms with van der Waals surface area (Å²) in [7, 11) is 1.84. The Labute approximate surface area is 91.6 Å². The van der Waals surface area contributed by atoms with Crippen molar-refractivity contribution in [1.82, 2.24) is 10.2 Å². The number of piperidine rings is 1. The van der Waals surface area contributed by atoms with Crippen molar-refractivity contribution in [2.45, 2.75) is 44.7 Å². The third-order valence-electron chi connectivity index (χ3n) is 3.13. The SMILES string of the molecule is CNC1CCCN(C(C)CCCO)C1=O. The molecule has 1 heterocycles. The number of likely N-dealkylation sites (N-methyl/N-ethyl adjacent to an activating group) is 1. The van der Waals surface area contributed by atoms with Gasteiger partial charge in [-0.15, -0.1) is 0 Å². The van der Waals surface area contributed by atoms with Crippen molar-refractivity contribution in [2.24, 2.45) is 0 Å². The number of aliphatic hydroxyl groups excluding tert-OH is 1. The van der Waals surface area contributed by atoms with Crippen molar-refractivity contribution >= 4 is 5.91 Å². The first kappa shape index (κ1) is 12.5. The molecule has 0 spiro atoms. The molecule has 0 aromatic heterocycles. The van der Waals surface area contributed by atoms with Crippen LogP contribution in [0.15, 0.2) is 0 Å². The molecule has 15 heavy (non-hydrogen) atoms. The van der Waals surface area contributed by atoms with Gasteiger partial charge >= 0.3 is 0 Å². The van der Waals surface area contributed by atoms with Gasteiger partial charge in [-0.2, -0.15) is 0 Å². The number of carbonyl (C=O) groups is 1. The zero-order valence-corrected chi connectivity index (χ0v) is 9.70. The van der Waals surface area contributed by atoms with Gasteiger partial charge in [0, 0.05) is 19.2 Å². The van der Waals surface area contributed by atoms with Crippen molar-refractivity contribution in [1.29, 1.82) is 0 Å². The van der Waals surface area contributed by atoms with Crippen molar-refractivity contribution in [2.75, 3.05) is 20.2 Å². The molecular weight excluding hydrogens is 192 g/mol. The van der Waals surface area contributed by atoms with Crippen molar-refractivity contribution in [3.05, 3.63) is 0 Å². The fourth-order valence-electron chi connectivity index (χ4n) is 2.15. The van der Waals surface area contributed by atoms with Gasteiger partial charge in [-0.25, -0.2) is 0 Å². The lowest BCUT2D eigenvalue weighted by Gasteiger charge is -2.36. The molecule has 2 atom stereocenters. The van der Waals surface area contributed by atoms with Crippen LogP contribution in [0.3, 0.4) is 0 Å². The maximum absolute atomic E-state index is 12.0. The van der Waals surface area contributed by atoms with Gasteiger partial charge in [0.05, 0.1) is 6.04 Å². The molecule has 0 bridgehead atoms. The molecule has 0 aromatic carbocycles. The van der Waals surface area contributed by atoms with Crippen LogP contribution in [0.5, 0.6) is 0 Å². The topological polar surface area (TPSA) is 52.6 Å². The van der Waals surface area contributed by atoms with Gasteiger partial charge in [0.2, 0.25) is 5.91 Å². The van der Waals surface area contributed by atoms with Crippen LogP contribution in [0.2, 0.25) is 0 Å². The first-order chi connectivity index (χ1) is 7.20. The van der Waals surface area contributed by atoms with Crippen LogP contribution in [0.25, 0.3) is 0 Å². The summed E-state index contributed by atoms with van der Waals surface area (Å²) in [6.07, 6.45) is 3.67. The molecule has 1 saturated heterocycles. The summed E-state index contributed by atoms with van der Waals surface area (Å²) in [5.41, 5.74) is 0. The highest BCUT2D eigenvalue weighted by Gasteiger charge is 2.29. The quantitative estimate of drug-likeness (QED) is 0.694. The molecule has 1 amide bonds. The second-order valence-electron chi connectivity index (χ2n) is 4.23. The Morgan fingerprint density at radius 3 is 3.00 bits per heavy atom. The van der Waals surface area contributed by atoms with Gasteiger partial charge in [0.1, 0.15) is 0 Å². The predicted octanol–water partition coefficient (Wildman–Crippen LogP) is 0.358. The molecule has 0 aliphatic carbocycles. The molecule has 1 aliphatic rings. The lowest BCUT2D eigenvalue weighted by atomic mass is 10.0. The van der Waals surface area contributed by atoms with E-state index >= 15 is 0 Å². The van der Waals surface area contributed by atoms with Crippen LogP contribution in [0.1, 0.15) is 32.6 Å². The fraction of sp³-hybridized carbons (Fsp3) is 0.909. The zero-order chi connectivity index (χ0) is 11.3. The zero-order valence-electron chi connectivity index (χ0n) is 9.70. The van der Waals surface area contributed by atoms with E-state index in [9.17, 15) is 4.79 Å². The summed E-state index contributed by atoms with van der Waals surface area (Å²) in [6.45, 7) is 3.14. The monoisotopic (exact) mass is 214 g/mol. The lowest BCUT2D eigenvalue weighted by molar-refractivity contribution is -0.138. The van der Waals surface area contributed by atoms with E-state index in [0.717, 1.165) is 32.2 Å². The van der Waals surface area contributed by atoms with Gasteiger partial charge in [0.15, 0.2) is 0 Å². The second-order valence-corrected chi connectivity index (χ2v) is 4.23. The third kappa shape index (κ3) is 3.18. The highest BCUT2D eigenvalue weighted by molar-refractivity contribution is 5.82. The van der Waals surface area contributed by atoms with Gasteiger partial charge in [-0.1, -0.05) is 0 Å². The van der Waals surface area contributed by atoms with Gasteiger partial charge < -0.3 is 15.3 Å². The van der Waals surface area contributed by atoms with Crippen LogP contribution < -0.4 is 5.32 Å². The highest BCUT2D eigenvalue weighted by atomic mass is 16.3. The molecule has 0 aromatic rings. The van der Waals surface area contributed by atoms with Crippen LogP contribution >= 0.6 is 0 Å². The maximum Gasteiger partial charge on any atom is 0.239 e. The van der Waals surface area contributed by atoms with E-state index in [0.29, 0.717) is 0 Å². The molecule has 0 radical (unpaired) electrons. The Hall–Kier alpha value is -0.610. The fourth-order valence-corrected chi connectivity index (χ4v) is 2.15. The van der Waals surface area contributed by atoms with Crippen molar-refractivity contribution in [3.63, 3.8) is 0 Å². The minimum Gasteiger partial charge on any atom is -0.396 e. The largest absolute Gasteiger partial charge is 0.396 e. The van der Waals surface area contributed by atoms with Crippen LogP contribution in [0, 0.1) is 0 Å². The molecular formula is C11H22N2O2. The van der Waals surface area contributed by atoms with Gasteiger partial charge in [-0.05, 0) is 39.7 Å². The first-order valence-corrected chi connectivity index (χ1v) is 5.79. The Kier molecular flexibility index (Phi) is 5.05. The molecule has 1 rings (SSSR count). The number of likely N-dealkylation sites (tertiary alicyclic amines) is 1. The molecule has 88 valence electrons. The highest BCUT2D eigenvalue weighted by Crippen LogP contribution is 2.16. The molecule has 4 heteroatoms. The Balaban J connectivity index is 2.48. The number of rotatable bonds is 5. The molecule has 2 unspecified atom stereocenters. The van der Waals surface area contributed by atoms with Gasteiger partial charge in [0.25, 0.3) is 0 Å². The number of amides is 1. The van der Waals surface area contributed by atoms with E-state index < -0.39 is 0 Å². The molecule has 1 fully saturated rings. The number of nitrogens with zero attached hydrogens (tertiary/aromatic N) is 1. The van der Waals surface area contributed by atoms with Crippen LogP contribution in [0.4, 0.5) is 0 Å². The van der Waals surface area contributed by atoms with E-state index in [4.69, 9.17) is 5.11 Å². The standard InChI is InChI=1S/C11H22N2O2/c1-9(5-4-8-14)13-7-3-6-10(12-2)11(13)15/h9-10,12,14H,3-8H2,1-2H3. The minimum absolute atomic E-state index is 0.00433. The van der Waals surface area contributed by atoms with Crippen LogP contribution in [-0.4, -0.2) is 48.2 Å². The van der Waals surface area contributed by atoms with E-state index in [1.807, 2.05) is 11.9 Å². The maximum atomic E-state index is 12.0. The molecule has 2 N–H and O–H groups in total. The van der Waals surface area contributed by atoms with Crippen molar-refractivity contribution < 1.29 is 9.90 Å². The van der Waals surface area contributed by atoms with E-state index in [2.05, 4.69) is 12.2 Å². The average Bonchev–Trinajstić information content (AvgIpc) is 2.26. The smallest absolute Gasteiger partial charge is 0.239 e. The Morgan fingerprint density at radius 1 is 1.67 bits per heavy atom. The number of hydrogen-bond acceptors (Lipinski definition) is 3. The van der Waals surface area contributed by atoms with E-state index in [1.54, 1.807) is 0 Å². The number of carbonyl (C=O) groups excluding carboxylic acids is 1. The third-order valence-corrected chi connectivity index (χ3v) is 3.13. The minimum atomic E-state index is -0.00433. The molecule has 1 aliphatic heterocycles. The van der Waals surface area contributed by atoms with Crippen LogP contribution in [-0.2, 0) is 4.79 Å². The summed E-state index contributed by atoms with van der Waals surface area (Å²) in [5, 5.41) is 11.8. The summed E-state index contributed by atoms with van der Waals surface area (Å²) in [5.74, 6) is 0.217. The average molecular weight is 214 g/mol. The van der Waals surface area contributed by atoms with Gasteiger partial charge in [-0.3, -0.25) is 4.79 Å². The van der Waals surface area contributed by atoms with E-state index in [-0.39, 0.29) is 24.6 Å². The Bertz CT molecular complexity index is 209. The summed E-state index contributed by atoms with van der Waals surface area (Å²) in [4.78, 5) is 13.9. The number of aliphatic hydroxyl groups is 1. The Morgan fingerprint density at radius 2 is 2.40 bits per heavy atom. The lowest BCUT2D eigenvalue weighted by Crippen LogP contribution is -2.52. The normalized spacial score (nSPS) is 24.3. The summed E-state index contributed by atoms with van der Waals surface area (Å²) < 4.78 is 0. The first-order valence-electron chi connectivity index (χ1n) is 5.79. The summed E-state index contributed by atoms with van der Waals surface area (Å²) >= 11 is 0. The molecule has 4 nitrogen and oxygen atoms in total. The van der Waals surface area contributed by atoms with E-state index in [1.165, 1.54) is 0 Å². The predicted molar refractivity (Wildman–Crippen MR) is 59.6 cm³/mol. The second kappa shape index (κ2) is 6.08. The van der Waals surface area contributed by atoms with Crippen molar-refractivity contribution in [3.8, 4) is 0 Å². The molecule has 0 saturated carbocycles. The number of nitrogens with one attached hydrogen (secondary N) is 1.